The van der Waals surface area contributed by atoms with Gasteiger partial charge in [-0.3, -0.25) is 19.5 Å². The summed E-state index contributed by atoms with van der Waals surface area (Å²) >= 11 is 3.18. The van der Waals surface area contributed by atoms with Gasteiger partial charge in [0.2, 0.25) is 5.91 Å². The van der Waals surface area contributed by atoms with Crippen molar-refractivity contribution >= 4 is 50.6 Å². The van der Waals surface area contributed by atoms with Crippen molar-refractivity contribution in [1.29, 1.82) is 0 Å². The van der Waals surface area contributed by atoms with Gasteiger partial charge in [0.1, 0.15) is 17.8 Å². The summed E-state index contributed by atoms with van der Waals surface area (Å²) in [7, 11) is 0. The molecule has 0 saturated carbocycles. The summed E-state index contributed by atoms with van der Waals surface area (Å²) in [5.74, 6) is -1.61. The highest BCUT2D eigenvalue weighted by Gasteiger charge is 2.49. The maximum absolute atomic E-state index is 12.6. The Hall–Kier alpha value is -3.60. The van der Waals surface area contributed by atoms with Gasteiger partial charge in [0.25, 0.3) is 5.91 Å². The zero-order chi connectivity index (χ0) is 21.9. The number of phenolic OH excluding ortho intramolecular Hbond substituents is 1. The molecule has 158 valence electrons. The first-order valence-corrected chi connectivity index (χ1v) is 10.1. The smallest absolute Gasteiger partial charge is 0.420 e. The van der Waals surface area contributed by atoms with Crippen molar-refractivity contribution in [2.45, 2.75) is 24.9 Å². The van der Waals surface area contributed by atoms with Crippen LogP contribution >= 0.6 is 15.9 Å². The Morgan fingerprint density at radius 3 is 2.71 bits per heavy atom. The molecule has 1 unspecified atom stereocenters. The number of oxazole rings is 1. The van der Waals surface area contributed by atoms with Gasteiger partial charge in [-0.05, 0) is 45.3 Å². The number of rotatable bonds is 3. The van der Waals surface area contributed by atoms with Crippen LogP contribution in [0.3, 0.4) is 0 Å². The van der Waals surface area contributed by atoms with E-state index < -0.39 is 23.2 Å². The van der Waals surface area contributed by atoms with Crippen LogP contribution in [0.25, 0.3) is 11.1 Å². The summed E-state index contributed by atoms with van der Waals surface area (Å²) in [6, 6.07) is 7.54. The lowest BCUT2D eigenvalue weighted by Gasteiger charge is -2.18. The fourth-order valence-corrected chi connectivity index (χ4v) is 4.43. The molecule has 0 radical (unpaired) electrons. The molecule has 2 aromatic carbocycles. The van der Waals surface area contributed by atoms with E-state index in [2.05, 4.69) is 31.9 Å². The fraction of sp³-hybridized carbons (Fsp3) is 0.200. The SMILES string of the molecule is O=C(Cn1c(=O)oc2cc(O)c(Br)cc21)Nc1ccc2c(c1)CC1(C2)NC(=O)NC1=O. The predicted octanol–water partition coefficient (Wildman–Crippen LogP) is 1.38. The first kappa shape index (κ1) is 19.4. The van der Waals surface area contributed by atoms with Crippen LogP contribution in [0.1, 0.15) is 11.1 Å². The lowest BCUT2D eigenvalue weighted by Crippen LogP contribution is -2.47. The second-order valence-corrected chi connectivity index (χ2v) is 8.46. The number of fused-ring (bicyclic) bond motifs is 2. The van der Waals surface area contributed by atoms with Crippen molar-refractivity contribution in [3.8, 4) is 5.75 Å². The molecule has 1 fully saturated rings. The molecule has 31 heavy (non-hydrogen) atoms. The summed E-state index contributed by atoms with van der Waals surface area (Å²) < 4.78 is 6.62. The van der Waals surface area contributed by atoms with Crippen molar-refractivity contribution in [2.75, 3.05) is 5.32 Å². The van der Waals surface area contributed by atoms with E-state index in [0.717, 1.165) is 15.7 Å². The Morgan fingerprint density at radius 1 is 1.19 bits per heavy atom. The van der Waals surface area contributed by atoms with Crippen LogP contribution in [0, 0.1) is 0 Å². The lowest BCUT2D eigenvalue weighted by molar-refractivity contribution is -0.123. The summed E-state index contributed by atoms with van der Waals surface area (Å²) in [5.41, 5.74) is 1.81. The molecule has 1 aliphatic carbocycles. The fourth-order valence-electron chi connectivity index (χ4n) is 4.10. The number of hydrogen-bond donors (Lipinski definition) is 4. The van der Waals surface area contributed by atoms with Crippen molar-refractivity contribution in [2.24, 2.45) is 0 Å². The van der Waals surface area contributed by atoms with E-state index >= 15 is 0 Å². The van der Waals surface area contributed by atoms with E-state index in [1.807, 2.05) is 0 Å². The molecule has 5 rings (SSSR count). The molecule has 4 amide bonds. The van der Waals surface area contributed by atoms with Gasteiger partial charge in [0.05, 0.1) is 9.99 Å². The third-order valence-electron chi connectivity index (χ3n) is 5.53. The number of nitrogens with zero attached hydrogens (tertiary/aromatic N) is 1. The largest absolute Gasteiger partial charge is 0.507 e. The molecule has 1 aliphatic heterocycles. The molecule has 0 bridgehead atoms. The van der Waals surface area contributed by atoms with E-state index in [-0.39, 0.29) is 23.8 Å². The van der Waals surface area contributed by atoms with Crippen LogP contribution in [0.5, 0.6) is 5.75 Å². The minimum absolute atomic E-state index is 0.0825. The van der Waals surface area contributed by atoms with Crippen molar-refractivity contribution in [3.05, 3.63) is 56.5 Å². The van der Waals surface area contributed by atoms with E-state index in [4.69, 9.17) is 4.42 Å². The third kappa shape index (κ3) is 3.17. The number of carbonyl (C=O) groups is 3. The highest BCUT2D eigenvalue weighted by Crippen LogP contribution is 2.34. The molecule has 11 heteroatoms. The van der Waals surface area contributed by atoms with Crippen LogP contribution in [0.15, 0.2) is 44.0 Å². The van der Waals surface area contributed by atoms with Crippen molar-refractivity contribution < 1.29 is 23.9 Å². The number of benzene rings is 2. The average Bonchev–Trinajstić information content (AvgIpc) is 3.29. The third-order valence-corrected chi connectivity index (χ3v) is 6.16. The average molecular weight is 487 g/mol. The topological polar surface area (TPSA) is 143 Å². The first-order chi connectivity index (χ1) is 14.7. The van der Waals surface area contributed by atoms with E-state index in [1.165, 1.54) is 12.1 Å². The van der Waals surface area contributed by atoms with Gasteiger partial charge in [-0.25, -0.2) is 9.59 Å². The minimum Gasteiger partial charge on any atom is -0.507 e. The van der Waals surface area contributed by atoms with Crippen LogP contribution in [-0.4, -0.2) is 33.1 Å². The first-order valence-electron chi connectivity index (χ1n) is 9.31. The number of halogens is 1. The molecule has 1 spiro atoms. The van der Waals surface area contributed by atoms with E-state index in [0.29, 0.717) is 28.5 Å². The number of hydrogen-bond acceptors (Lipinski definition) is 6. The van der Waals surface area contributed by atoms with Gasteiger partial charge in [0, 0.05) is 24.6 Å². The highest BCUT2D eigenvalue weighted by molar-refractivity contribution is 9.10. The van der Waals surface area contributed by atoms with E-state index in [1.54, 1.807) is 18.2 Å². The van der Waals surface area contributed by atoms with Crippen LogP contribution in [0.2, 0.25) is 0 Å². The minimum atomic E-state index is -0.982. The number of anilines is 1. The Labute approximate surface area is 182 Å². The standard InChI is InChI=1S/C20H15BrN4O6/c21-12-4-13-15(5-14(12)26)31-19(30)25(13)8-16(27)22-11-2-1-9-6-20(7-10(9)3-11)17(28)23-18(29)24-20/h1-5,26H,6-8H2,(H,22,27)(H2,23,24,28,29). The summed E-state index contributed by atoms with van der Waals surface area (Å²) in [4.78, 5) is 48.4. The van der Waals surface area contributed by atoms with Gasteiger partial charge in [0.15, 0.2) is 5.58 Å². The van der Waals surface area contributed by atoms with Crippen molar-refractivity contribution in [1.82, 2.24) is 15.2 Å². The maximum atomic E-state index is 12.6. The van der Waals surface area contributed by atoms with Gasteiger partial charge >= 0.3 is 11.8 Å². The number of nitrogens with one attached hydrogen (secondary N) is 3. The second kappa shape index (κ2) is 6.71. The summed E-state index contributed by atoms with van der Waals surface area (Å²) in [6.45, 7) is -0.289. The van der Waals surface area contributed by atoms with Crippen molar-refractivity contribution in [3.63, 3.8) is 0 Å². The molecule has 1 atom stereocenters. The van der Waals surface area contributed by atoms with Crippen LogP contribution in [-0.2, 0) is 29.0 Å². The Morgan fingerprint density at radius 2 is 1.97 bits per heavy atom. The van der Waals surface area contributed by atoms with E-state index in [9.17, 15) is 24.3 Å². The number of carbonyl (C=O) groups excluding carboxylic acids is 3. The number of aromatic nitrogens is 1. The second-order valence-electron chi connectivity index (χ2n) is 7.60. The lowest BCUT2D eigenvalue weighted by atomic mass is 9.96. The molecular weight excluding hydrogens is 472 g/mol. The number of imide groups is 1. The maximum Gasteiger partial charge on any atom is 0.420 e. The number of urea groups is 1. The predicted molar refractivity (Wildman–Crippen MR) is 112 cm³/mol. The van der Waals surface area contributed by atoms with Crippen LogP contribution < -0.4 is 21.7 Å². The van der Waals surface area contributed by atoms with Crippen LogP contribution in [0.4, 0.5) is 10.5 Å². The number of aromatic hydroxyl groups is 1. The molecule has 2 aliphatic rings. The quantitative estimate of drug-likeness (QED) is 0.411. The molecule has 10 nitrogen and oxygen atoms in total. The molecule has 2 heterocycles. The summed E-state index contributed by atoms with van der Waals surface area (Å²) in [6.07, 6.45) is 0.708. The highest BCUT2D eigenvalue weighted by atomic mass is 79.9. The monoisotopic (exact) mass is 486 g/mol. The zero-order valence-corrected chi connectivity index (χ0v) is 17.4. The Bertz CT molecular complexity index is 1360. The van der Waals surface area contributed by atoms with Gasteiger partial charge in [-0.1, -0.05) is 6.07 Å². The van der Waals surface area contributed by atoms with Gasteiger partial charge in [-0.15, -0.1) is 0 Å². The van der Waals surface area contributed by atoms with Gasteiger partial charge in [-0.2, -0.15) is 0 Å². The normalized spacial score (nSPS) is 19.5. The molecule has 3 aromatic rings. The molecule has 1 saturated heterocycles. The zero-order valence-electron chi connectivity index (χ0n) is 15.8. The summed E-state index contributed by atoms with van der Waals surface area (Å²) in [5, 5.41) is 17.4. The number of amides is 4. The number of phenols is 1. The molecule has 4 N–H and O–H groups in total. The van der Waals surface area contributed by atoms with Gasteiger partial charge < -0.3 is 20.2 Å². The Kier molecular flexibility index (Phi) is 4.19. The molecule has 1 aromatic heterocycles. The molecular formula is C20H15BrN4O6. The Balaban J connectivity index is 1.35.